The van der Waals surface area contributed by atoms with E-state index in [4.69, 9.17) is 9.97 Å². The normalized spacial score (nSPS) is 15.8. The molecular formula is C30H28N6OS2. The highest BCUT2D eigenvalue weighted by atomic mass is 32.2. The number of thiophene rings is 1. The molecule has 0 bridgehead atoms. The van der Waals surface area contributed by atoms with Gasteiger partial charge in [-0.25, -0.2) is 9.97 Å². The second-order valence-electron chi connectivity index (χ2n) is 10.0. The Morgan fingerprint density at radius 3 is 2.77 bits per heavy atom. The summed E-state index contributed by atoms with van der Waals surface area (Å²) in [4.78, 5) is 23.7. The monoisotopic (exact) mass is 552 g/mol. The molecule has 5 heterocycles. The lowest BCUT2D eigenvalue weighted by Gasteiger charge is -2.35. The van der Waals surface area contributed by atoms with E-state index in [9.17, 15) is 5.11 Å². The van der Waals surface area contributed by atoms with Gasteiger partial charge in [-0.05, 0) is 77.4 Å². The third kappa shape index (κ3) is 4.54. The molecule has 196 valence electrons. The summed E-state index contributed by atoms with van der Waals surface area (Å²) in [6, 6.07) is 16.4. The van der Waals surface area contributed by atoms with E-state index in [0.717, 1.165) is 81.1 Å². The van der Waals surface area contributed by atoms with Gasteiger partial charge in [0.2, 0.25) is 0 Å². The molecule has 0 radical (unpaired) electrons. The third-order valence-electron chi connectivity index (χ3n) is 7.76. The van der Waals surface area contributed by atoms with Crippen LogP contribution in [0, 0.1) is 5.92 Å². The fourth-order valence-electron chi connectivity index (χ4n) is 5.78. The smallest absolute Gasteiger partial charge is 0.194 e. The predicted molar refractivity (Wildman–Crippen MR) is 158 cm³/mol. The van der Waals surface area contributed by atoms with Crippen LogP contribution in [0.2, 0.25) is 0 Å². The first-order valence-corrected chi connectivity index (χ1v) is 14.9. The Hall–Kier alpha value is -3.53. The topological polar surface area (TPSA) is 87.1 Å². The number of aliphatic hydroxyl groups is 1. The maximum Gasteiger partial charge on any atom is 0.194 e. The number of pyridine rings is 2. The number of benzene rings is 1. The number of aliphatic hydroxyl groups excluding tert-OH is 1. The molecule has 7 rings (SSSR count). The predicted octanol–water partition coefficient (Wildman–Crippen LogP) is 6.20. The van der Waals surface area contributed by atoms with Gasteiger partial charge in [-0.2, -0.15) is 0 Å². The third-order valence-corrected chi connectivity index (χ3v) is 9.53. The number of nitrogens with one attached hydrogen (secondary N) is 1. The molecule has 39 heavy (non-hydrogen) atoms. The Labute approximate surface area is 235 Å². The summed E-state index contributed by atoms with van der Waals surface area (Å²) >= 11 is 3.17. The minimum atomic E-state index is -0.401. The minimum absolute atomic E-state index is 0.253. The maximum atomic E-state index is 11.0. The largest absolute Gasteiger partial charge is 0.388 e. The zero-order valence-electron chi connectivity index (χ0n) is 21.5. The van der Waals surface area contributed by atoms with Crippen molar-refractivity contribution >= 4 is 45.6 Å². The number of anilines is 2. The van der Waals surface area contributed by atoms with Crippen LogP contribution in [0.5, 0.6) is 0 Å². The number of hydrogen-bond donors (Lipinski definition) is 2. The molecule has 2 aliphatic rings. The van der Waals surface area contributed by atoms with Crippen molar-refractivity contribution in [3.05, 3.63) is 82.4 Å². The highest BCUT2D eigenvalue weighted by molar-refractivity contribution is 7.99. The van der Waals surface area contributed by atoms with E-state index in [1.165, 1.54) is 22.9 Å². The molecule has 5 aromatic rings. The molecule has 2 N–H and O–H groups in total. The lowest BCUT2D eigenvalue weighted by Crippen LogP contribution is -2.36. The molecule has 0 spiro atoms. The van der Waals surface area contributed by atoms with Crippen LogP contribution in [-0.2, 0) is 6.42 Å². The second kappa shape index (κ2) is 10.2. The summed E-state index contributed by atoms with van der Waals surface area (Å²) in [6.07, 6.45) is 5.88. The first-order chi connectivity index (χ1) is 19.2. The molecule has 1 aliphatic carbocycles. The minimum Gasteiger partial charge on any atom is -0.388 e. The molecule has 1 saturated heterocycles. The van der Waals surface area contributed by atoms with E-state index >= 15 is 0 Å². The fourth-order valence-corrected chi connectivity index (χ4v) is 7.36. The van der Waals surface area contributed by atoms with Crippen molar-refractivity contribution in [2.75, 3.05) is 30.4 Å². The van der Waals surface area contributed by atoms with Gasteiger partial charge in [-0.15, -0.1) is 11.3 Å². The SMILES string of the molecule is CNc1cccc2c1Cc1nc(Sc3cnc4cccnc4c3)nc(N3CCC(C(O)c4cccs4)CC3)c1-2. The summed E-state index contributed by atoms with van der Waals surface area (Å²) < 4.78 is 0. The van der Waals surface area contributed by atoms with Crippen LogP contribution in [0.3, 0.4) is 0 Å². The molecule has 1 atom stereocenters. The van der Waals surface area contributed by atoms with Gasteiger partial charge < -0.3 is 15.3 Å². The lowest BCUT2D eigenvalue weighted by atomic mass is 9.90. The van der Waals surface area contributed by atoms with Crippen LogP contribution in [0.4, 0.5) is 11.5 Å². The molecule has 9 heteroatoms. The summed E-state index contributed by atoms with van der Waals surface area (Å²) in [5.74, 6) is 1.24. The van der Waals surface area contributed by atoms with Crippen molar-refractivity contribution in [2.24, 2.45) is 5.92 Å². The second-order valence-corrected chi connectivity index (χ2v) is 12.0. The van der Waals surface area contributed by atoms with E-state index in [1.807, 2.05) is 42.9 Å². The van der Waals surface area contributed by atoms with Crippen molar-refractivity contribution in [2.45, 2.75) is 35.4 Å². The number of rotatable bonds is 6. The van der Waals surface area contributed by atoms with E-state index in [0.29, 0.717) is 0 Å². The van der Waals surface area contributed by atoms with Gasteiger partial charge in [0.05, 0.1) is 22.8 Å². The zero-order valence-corrected chi connectivity index (χ0v) is 23.2. The van der Waals surface area contributed by atoms with Gasteiger partial charge in [-0.1, -0.05) is 18.2 Å². The summed E-state index contributed by atoms with van der Waals surface area (Å²) in [5, 5.41) is 17.1. The lowest BCUT2D eigenvalue weighted by molar-refractivity contribution is 0.0960. The van der Waals surface area contributed by atoms with Gasteiger partial charge in [0.1, 0.15) is 5.82 Å². The number of fused-ring (bicyclic) bond motifs is 4. The van der Waals surface area contributed by atoms with Crippen LogP contribution in [0.1, 0.15) is 35.1 Å². The summed E-state index contributed by atoms with van der Waals surface area (Å²) in [7, 11) is 1.97. The van der Waals surface area contributed by atoms with Crippen molar-refractivity contribution in [1.82, 2.24) is 19.9 Å². The summed E-state index contributed by atoms with van der Waals surface area (Å²) in [6.45, 7) is 1.70. The Balaban J connectivity index is 1.23. The molecule has 1 aromatic carbocycles. The Bertz CT molecular complexity index is 1650. The maximum absolute atomic E-state index is 11.0. The van der Waals surface area contributed by atoms with Crippen molar-refractivity contribution in [3.63, 3.8) is 0 Å². The van der Waals surface area contributed by atoms with Gasteiger partial charge in [-0.3, -0.25) is 9.97 Å². The number of aromatic nitrogens is 4. The number of piperidine rings is 1. The Morgan fingerprint density at radius 1 is 1.05 bits per heavy atom. The van der Waals surface area contributed by atoms with Crippen molar-refractivity contribution < 1.29 is 5.11 Å². The highest BCUT2D eigenvalue weighted by Crippen LogP contribution is 2.46. The fraction of sp³-hybridized carbons (Fsp3) is 0.267. The van der Waals surface area contributed by atoms with Gasteiger partial charge in [0.15, 0.2) is 5.16 Å². The zero-order chi connectivity index (χ0) is 26.3. The van der Waals surface area contributed by atoms with Crippen LogP contribution >= 0.6 is 23.1 Å². The van der Waals surface area contributed by atoms with E-state index in [2.05, 4.69) is 44.5 Å². The standard InChI is InChI=1S/C30H28N6OS2/c1-31-22-6-2-5-20-21(22)16-25-27(20)29(36-12-9-18(10-13-36)28(37)26-8-4-14-38-26)35-30(34-25)39-19-15-24-23(33-17-19)7-3-11-32-24/h2-8,11,14-15,17-18,28,31,37H,9-10,12-13,16H2,1H3. The van der Waals surface area contributed by atoms with Crippen molar-refractivity contribution in [1.29, 1.82) is 0 Å². The molecule has 7 nitrogen and oxygen atoms in total. The highest BCUT2D eigenvalue weighted by Gasteiger charge is 2.33. The average Bonchev–Trinajstić information content (AvgIpc) is 3.65. The molecular weight excluding hydrogens is 525 g/mol. The van der Waals surface area contributed by atoms with Crippen LogP contribution < -0.4 is 10.2 Å². The first-order valence-electron chi connectivity index (χ1n) is 13.2. The van der Waals surface area contributed by atoms with Gasteiger partial charge >= 0.3 is 0 Å². The van der Waals surface area contributed by atoms with E-state index < -0.39 is 6.10 Å². The van der Waals surface area contributed by atoms with E-state index in [-0.39, 0.29) is 5.92 Å². The van der Waals surface area contributed by atoms with Crippen LogP contribution in [0.25, 0.3) is 22.2 Å². The quantitative estimate of drug-likeness (QED) is 0.236. The van der Waals surface area contributed by atoms with Crippen LogP contribution in [0.15, 0.2) is 76.4 Å². The number of hydrogen-bond acceptors (Lipinski definition) is 9. The molecule has 0 saturated carbocycles. The molecule has 1 fully saturated rings. The van der Waals surface area contributed by atoms with E-state index in [1.54, 1.807) is 17.5 Å². The first kappa shape index (κ1) is 24.5. The molecule has 1 aliphatic heterocycles. The average molecular weight is 553 g/mol. The van der Waals surface area contributed by atoms with Gasteiger partial charge in [0, 0.05) is 60.0 Å². The van der Waals surface area contributed by atoms with Gasteiger partial charge in [0.25, 0.3) is 0 Å². The molecule has 0 amide bonds. The van der Waals surface area contributed by atoms with Crippen LogP contribution in [-0.4, -0.2) is 45.2 Å². The Kier molecular flexibility index (Phi) is 6.42. The Morgan fingerprint density at radius 2 is 1.95 bits per heavy atom. The molecule has 4 aromatic heterocycles. The number of nitrogens with zero attached hydrogens (tertiary/aromatic N) is 5. The summed E-state index contributed by atoms with van der Waals surface area (Å²) in [5.41, 5.74) is 7.55. The molecule has 1 unspecified atom stereocenters. The van der Waals surface area contributed by atoms with Crippen molar-refractivity contribution in [3.8, 4) is 11.1 Å².